The van der Waals surface area contributed by atoms with Gasteiger partial charge in [0.15, 0.2) is 0 Å². The molecule has 0 aromatic carbocycles. The molecule has 0 saturated carbocycles. The van der Waals surface area contributed by atoms with Gasteiger partial charge in [-0.3, -0.25) is 4.21 Å². The van der Waals surface area contributed by atoms with Crippen LogP contribution < -0.4 is 0 Å². The summed E-state index contributed by atoms with van der Waals surface area (Å²) in [6.45, 7) is 0.956. The summed E-state index contributed by atoms with van der Waals surface area (Å²) >= 11 is 2.96. The summed E-state index contributed by atoms with van der Waals surface area (Å²) in [5.41, 5.74) is 0. The van der Waals surface area contributed by atoms with Gasteiger partial charge in [0.1, 0.15) is 0 Å². The Morgan fingerprint density at radius 3 is 2.18 bits per heavy atom. The van der Waals surface area contributed by atoms with Crippen LogP contribution in [0.5, 0.6) is 0 Å². The first-order valence-corrected chi connectivity index (χ1v) is 6.35. The van der Waals surface area contributed by atoms with Crippen LogP contribution in [0.2, 0.25) is 0 Å². The SMILES string of the molecule is CS(C)=O.[Cr][CH]1CCCCO1. The van der Waals surface area contributed by atoms with Crippen molar-refractivity contribution in [3.05, 3.63) is 0 Å². The molecule has 0 bridgehead atoms. The predicted molar refractivity (Wildman–Crippen MR) is 43.6 cm³/mol. The van der Waals surface area contributed by atoms with Crippen LogP contribution in [0.3, 0.4) is 0 Å². The quantitative estimate of drug-likeness (QED) is 0.604. The van der Waals surface area contributed by atoms with E-state index in [-0.39, 0.29) is 0 Å². The zero-order valence-corrected chi connectivity index (χ0v) is 9.13. The summed E-state index contributed by atoms with van der Waals surface area (Å²) in [5, 5.41) is 0. The van der Waals surface area contributed by atoms with E-state index in [1.807, 2.05) is 0 Å². The third-order valence-electron chi connectivity index (χ3n) is 1.14. The fourth-order valence-corrected chi connectivity index (χ4v) is 1.12. The van der Waals surface area contributed by atoms with Gasteiger partial charge in [-0.05, 0) is 0 Å². The minimum atomic E-state index is -0.611. The Kier molecular flexibility index (Phi) is 7.73. The van der Waals surface area contributed by atoms with Crippen LogP contribution >= 0.6 is 0 Å². The van der Waals surface area contributed by atoms with Crippen molar-refractivity contribution in [3.8, 4) is 0 Å². The van der Waals surface area contributed by atoms with Crippen molar-refractivity contribution in [1.82, 2.24) is 0 Å². The van der Waals surface area contributed by atoms with E-state index in [4.69, 9.17) is 4.74 Å². The molecule has 0 radical (unpaired) electrons. The van der Waals surface area contributed by atoms with Gasteiger partial charge in [0.25, 0.3) is 0 Å². The van der Waals surface area contributed by atoms with Crippen molar-refractivity contribution in [2.75, 3.05) is 19.1 Å². The molecular weight excluding hydrogens is 200 g/mol. The Balaban J connectivity index is 0.000000218. The van der Waals surface area contributed by atoms with Crippen LogP contribution in [-0.4, -0.2) is 28.3 Å². The molecule has 0 amide bonds. The molecular formula is C7H15CrO2S. The molecule has 4 heteroatoms. The molecule has 67 valence electrons. The van der Waals surface area contributed by atoms with E-state index in [0.29, 0.717) is 4.97 Å². The van der Waals surface area contributed by atoms with Crippen molar-refractivity contribution >= 4 is 10.8 Å². The molecule has 0 aromatic heterocycles. The van der Waals surface area contributed by atoms with Gasteiger partial charge >= 0.3 is 51.9 Å². The van der Waals surface area contributed by atoms with Gasteiger partial charge in [0, 0.05) is 23.3 Å². The van der Waals surface area contributed by atoms with E-state index >= 15 is 0 Å². The molecule has 2 nitrogen and oxygen atoms in total. The van der Waals surface area contributed by atoms with Crippen LogP contribution in [0.25, 0.3) is 0 Å². The molecule has 1 rings (SSSR count). The molecule has 11 heavy (non-hydrogen) atoms. The first-order chi connectivity index (χ1) is 5.13. The van der Waals surface area contributed by atoms with Crippen LogP contribution in [0, 0.1) is 0 Å². The van der Waals surface area contributed by atoms with E-state index in [1.165, 1.54) is 19.3 Å². The molecule has 1 unspecified atom stereocenters. The monoisotopic (exact) mass is 215 g/mol. The predicted octanol–water partition coefficient (Wildman–Crippen LogP) is 1.05. The summed E-state index contributed by atoms with van der Waals surface area (Å²) in [7, 11) is -0.611. The second kappa shape index (κ2) is 7.30. The topological polar surface area (TPSA) is 26.3 Å². The van der Waals surface area contributed by atoms with Crippen LogP contribution in [0.1, 0.15) is 19.3 Å². The van der Waals surface area contributed by atoms with Gasteiger partial charge < -0.3 is 0 Å². The Morgan fingerprint density at radius 2 is 2.00 bits per heavy atom. The number of hydrogen-bond donors (Lipinski definition) is 0. The molecule has 1 aliphatic heterocycles. The van der Waals surface area contributed by atoms with E-state index in [9.17, 15) is 4.21 Å². The average molecular weight is 215 g/mol. The Labute approximate surface area is 79.6 Å². The van der Waals surface area contributed by atoms with Crippen molar-refractivity contribution in [2.24, 2.45) is 0 Å². The van der Waals surface area contributed by atoms with Gasteiger partial charge in [0.05, 0.1) is 0 Å². The standard InChI is InChI=1S/C5H9O.C2H6OS.Cr/c1-2-4-6-5-3-1;1-4(2)3;/h4H,1-3,5H2;1-2H3;. The summed E-state index contributed by atoms with van der Waals surface area (Å²) in [5.74, 6) is 0. The summed E-state index contributed by atoms with van der Waals surface area (Å²) in [4.78, 5) is 0.411. The molecule has 0 spiro atoms. The number of hydrogen-bond acceptors (Lipinski definition) is 2. The second-order valence-electron chi connectivity index (χ2n) is 2.54. The Bertz CT molecular complexity index is 109. The van der Waals surface area contributed by atoms with Gasteiger partial charge in [-0.1, -0.05) is 0 Å². The molecule has 0 aromatic rings. The molecule has 1 fully saturated rings. The molecule has 1 saturated heterocycles. The van der Waals surface area contributed by atoms with E-state index in [1.54, 1.807) is 12.5 Å². The zero-order chi connectivity index (χ0) is 8.69. The molecule has 1 aliphatic rings. The van der Waals surface area contributed by atoms with E-state index in [2.05, 4.69) is 16.3 Å². The zero-order valence-electron chi connectivity index (χ0n) is 7.04. The molecule has 1 heterocycles. The van der Waals surface area contributed by atoms with Crippen molar-refractivity contribution < 1.29 is 25.2 Å². The third kappa shape index (κ3) is 10.6. The van der Waals surface area contributed by atoms with Gasteiger partial charge in [-0.2, -0.15) is 0 Å². The van der Waals surface area contributed by atoms with Gasteiger partial charge in [0.2, 0.25) is 0 Å². The number of rotatable bonds is 0. The minimum absolute atomic E-state index is 0.411. The third-order valence-corrected chi connectivity index (χ3v) is 1.72. The maximum absolute atomic E-state index is 9.56. The summed E-state index contributed by atoms with van der Waals surface area (Å²) < 4.78 is 14.8. The summed E-state index contributed by atoms with van der Waals surface area (Å²) in [6, 6.07) is 0. The molecule has 1 atom stereocenters. The maximum atomic E-state index is 9.56. The fraction of sp³-hybridized carbons (Fsp3) is 1.00. The Hall–Kier alpha value is 0.642. The summed E-state index contributed by atoms with van der Waals surface area (Å²) in [6.07, 6.45) is 7.07. The fourth-order valence-electron chi connectivity index (χ4n) is 0.711. The van der Waals surface area contributed by atoms with Crippen molar-refractivity contribution in [2.45, 2.75) is 24.2 Å². The van der Waals surface area contributed by atoms with Crippen LogP contribution in [0.15, 0.2) is 0 Å². The van der Waals surface area contributed by atoms with Crippen molar-refractivity contribution in [3.63, 3.8) is 0 Å². The van der Waals surface area contributed by atoms with Crippen molar-refractivity contribution in [1.29, 1.82) is 0 Å². The average Bonchev–Trinajstić information content (AvgIpc) is 1.87. The first kappa shape index (κ1) is 11.6. The normalized spacial score (nSPS) is 24.1. The van der Waals surface area contributed by atoms with E-state index < -0.39 is 10.8 Å². The van der Waals surface area contributed by atoms with Crippen LogP contribution in [-0.2, 0) is 31.8 Å². The Morgan fingerprint density at radius 1 is 1.45 bits per heavy atom. The molecule has 0 aliphatic carbocycles. The molecule has 0 N–H and O–H groups in total. The second-order valence-corrected chi connectivity index (χ2v) is 4.84. The first-order valence-electron chi connectivity index (χ1n) is 3.65. The number of ether oxygens (including phenoxy) is 1. The van der Waals surface area contributed by atoms with Gasteiger partial charge in [-0.15, -0.1) is 0 Å². The van der Waals surface area contributed by atoms with E-state index in [0.717, 1.165) is 6.61 Å². The van der Waals surface area contributed by atoms with Gasteiger partial charge in [-0.25, -0.2) is 0 Å². The van der Waals surface area contributed by atoms with Crippen LogP contribution in [0.4, 0.5) is 0 Å².